The Balaban J connectivity index is 1.56. The number of nitrogens with one attached hydrogen (secondary N) is 2. The van der Waals surface area contributed by atoms with Gasteiger partial charge in [0.1, 0.15) is 0 Å². The summed E-state index contributed by atoms with van der Waals surface area (Å²) >= 11 is 0. The van der Waals surface area contributed by atoms with Crippen LogP contribution in [0.5, 0.6) is 0 Å². The Labute approximate surface area is 184 Å². The van der Waals surface area contributed by atoms with Gasteiger partial charge in [-0.2, -0.15) is 18.3 Å². The van der Waals surface area contributed by atoms with Gasteiger partial charge in [0.15, 0.2) is 5.69 Å². The minimum atomic E-state index is -4.80. The number of hydrogen-bond acceptors (Lipinski definition) is 4. The van der Waals surface area contributed by atoms with Gasteiger partial charge in [0.2, 0.25) is 5.91 Å². The molecule has 0 radical (unpaired) electrons. The standard InChI is InChI=1S/C22H29F3N4O3/c1-12(30)28-20(2,3)4-5-29-18(22(23,24)25)16(11-26-29)19(31)27-17-14-6-13-7-15(17)10-21(32,8-13)9-14/h4-5,11,13-15,17,32H,6-10H2,1-3H3,(H,27,31)(H,28,30)/b5-4+/t13?,14?,15?,17-,21-. The molecule has 4 saturated carbocycles. The van der Waals surface area contributed by atoms with Gasteiger partial charge in [-0.1, -0.05) is 0 Å². The van der Waals surface area contributed by atoms with Crippen LogP contribution in [-0.2, 0) is 11.0 Å². The van der Waals surface area contributed by atoms with E-state index in [1.807, 2.05) is 0 Å². The molecule has 3 N–H and O–H groups in total. The topological polar surface area (TPSA) is 96.2 Å². The van der Waals surface area contributed by atoms with Crippen molar-refractivity contribution in [2.45, 2.75) is 76.2 Å². The maximum absolute atomic E-state index is 13.9. The predicted octanol–water partition coefficient (Wildman–Crippen LogP) is 2.96. The summed E-state index contributed by atoms with van der Waals surface area (Å²) in [5, 5.41) is 19.9. The highest BCUT2D eigenvalue weighted by atomic mass is 19.4. The van der Waals surface area contributed by atoms with Gasteiger partial charge in [0.05, 0.1) is 22.9 Å². The summed E-state index contributed by atoms with van der Waals surface area (Å²) in [6.45, 7) is 4.58. The second kappa shape index (κ2) is 7.60. The van der Waals surface area contributed by atoms with E-state index in [9.17, 15) is 27.9 Å². The highest BCUT2D eigenvalue weighted by molar-refractivity contribution is 5.95. The molecule has 7 nitrogen and oxygen atoms in total. The average Bonchev–Trinajstić information content (AvgIpc) is 3.05. The van der Waals surface area contributed by atoms with Crippen LogP contribution in [0.25, 0.3) is 6.20 Å². The quantitative estimate of drug-likeness (QED) is 0.638. The molecule has 0 aromatic carbocycles. The summed E-state index contributed by atoms with van der Waals surface area (Å²) < 4.78 is 42.2. The van der Waals surface area contributed by atoms with Crippen molar-refractivity contribution in [2.75, 3.05) is 0 Å². The van der Waals surface area contributed by atoms with Crippen molar-refractivity contribution in [1.82, 2.24) is 20.4 Å². The molecule has 4 bridgehead atoms. The number of alkyl halides is 3. The number of hydrogen-bond donors (Lipinski definition) is 3. The van der Waals surface area contributed by atoms with Crippen LogP contribution in [-0.4, -0.2) is 43.9 Å². The first kappa shape index (κ1) is 22.8. The van der Waals surface area contributed by atoms with E-state index < -0.39 is 34.5 Å². The van der Waals surface area contributed by atoms with Gasteiger partial charge in [0.25, 0.3) is 5.91 Å². The van der Waals surface area contributed by atoms with Crippen LogP contribution in [0.3, 0.4) is 0 Å². The van der Waals surface area contributed by atoms with Crippen LogP contribution in [0.1, 0.15) is 68.9 Å². The fourth-order valence-corrected chi connectivity index (χ4v) is 6.12. The number of nitrogens with zero attached hydrogens (tertiary/aromatic N) is 2. The number of aromatic nitrogens is 2. The first-order valence-electron chi connectivity index (χ1n) is 10.9. The van der Waals surface area contributed by atoms with Crippen molar-refractivity contribution >= 4 is 18.0 Å². The van der Waals surface area contributed by atoms with Crippen LogP contribution in [0.2, 0.25) is 0 Å². The van der Waals surface area contributed by atoms with Crippen LogP contribution in [0, 0.1) is 17.8 Å². The lowest BCUT2D eigenvalue weighted by atomic mass is 9.52. The number of halogens is 3. The van der Waals surface area contributed by atoms with Crippen molar-refractivity contribution in [3.8, 4) is 0 Å². The van der Waals surface area contributed by atoms with Gasteiger partial charge in [-0.25, -0.2) is 4.68 Å². The molecular formula is C22H29F3N4O3. The number of amides is 2. The lowest BCUT2D eigenvalue weighted by molar-refractivity contribution is -0.143. The first-order chi connectivity index (χ1) is 14.8. The fourth-order valence-electron chi connectivity index (χ4n) is 6.12. The minimum Gasteiger partial charge on any atom is -0.390 e. The molecule has 4 fully saturated rings. The van der Waals surface area contributed by atoms with Crippen molar-refractivity contribution in [1.29, 1.82) is 0 Å². The monoisotopic (exact) mass is 454 g/mol. The summed E-state index contributed by atoms with van der Waals surface area (Å²) in [7, 11) is 0. The van der Waals surface area contributed by atoms with Crippen LogP contribution in [0.15, 0.2) is 12.3 Å². The van der Waals surface area contributed by atoms with E-state index >= 15 is 0 Å². The Bertz CT molecular complexity index is 937. The summed E-state index contributed by atoms with van der Waals surface area (Å²) in [5.41, 5.74) is -3.28. The molecule has 10 heteroatoms. The second-order valence-electron chi connectivity index (χ2n) is 10.3. The van der Waals surface area contributed by atoms with Gasteiger partial charge < -0.3 is 15.7 Å². The van der Waals surface area contributed by atoms with Gasteiger partial charge in [-0.05, 0) is 69.8 Å². The van der Waals surface area contributed by atoms with Gasteiger partial charge in [-0.3, -0.25) is 9.59 Å². The van der Waals surface area contributed by atoms with E-state index in [4.69, 9.17) is 0 Å². The van der Waals surface area contributed by atoms with E-state index in [-0.39, 0.29) is 23.8 Å². The third-order valence-corrected chi connectivity index (χ3v) is 6.98. The molecule has 2 atom stereocenters. The van der Waals surface area contributed by atoms with Crippen molar-refractivity contribution < 1.29 is 27.9 Å². The largest absolute Gasteiger partial charge is 0.434 e. The third kappa shape index (κ3) is 4.42. The number of aliphatic hydroxyl groups is 1. The maximum atomic E-state index is 13.9. The van der Waals surface area contributed by atoms with E-state index in [0.717, 1.165) is 31.7 Å². The summed E-state index contributed by atoms with van der Waals surface area (Å²) in [6, 6.07) is -0.238. The highest BCUT2D eigenvalue weighted by Crippen LogP contribution is 2.55. The first-order valence-corrected chi connectivity index (χ1v) is 10.9. The average molecular weight is 454 g/mol. The molecule has 4 aliphatic rings. The zero-order valence-electron chi connectivity index (χ0n) is 18.4. The van der Waals surface area contributed by atoms with E-state index in [0.29, 0.717) is 23.4 Å². The Morgan fingerprint density at radius 2 is 1.84 bits per heavy atom. The molecule has 2 unspecified atom stereocenters. The van der Waals surface area contributed by atoms with Crippen molar-refractivity contribution in [2.24, 2.45) is 17.8 Å². The fraction of sp³-hybridized carbons (Fsp3) is 0.682. The maximum Gasteiger partial charge on any atom is 0.434 e. The third-order valence-electron chi connectivity index (χ3n) is 6.98. The molecule has 0 aliphatic heterocycles. The molecule has 32 heavy (non-hydrogen) atoms. The molecule has 2 amide bonds. The highest BCUT2D eigenvalue weighted by Gasteiger charge is 2.55. The van der Waals surface area contributed by atoms with Crippen LogP contribution in [0.4, 0.5) is 13.2 Å². The molecule has 5 rings (SSSR count). The molecule has 1 aromatic heterocycles. The van der Waals surface area contributed by atoms with Crippen molar-refractivity contribution in [3.05, 3.63) is 23.5 Å². The normalized spacial score (nSPS) is 31.8. The lowest BCUT2D eigenvalue weighted by Gasteiger charge is -2.58. The Hall–Kier alpha value is -2.36. The Morgan fingerprint density at radius 3 is 2.38 bits per heavy atom. The molecule has 1 heterocycles. The summed E-state index contributed by atoms with van der Waals surface area (Å²) in [5.74, 6) is -0.536. The molecule has 176 valence electrons. The number of carbonyl (C=O) groups excluding carboxylic acids is 2. The van der Waals surface area contributed by atoms with Crippen LogP contribution >= 0.6 is 0 Å². The number of carbonyl (C=O) groups is 2. The number of rotatable bonds is 5. The Morgan fingerprint density at radius 1 is 1.22 bits per heavy atom. The van der Waals surface area contributed by atoms with Gasteiger partial charge in [-0.15, -0.1) is 0 Å². The predicted molar refractivity (Wildman–Crippen MR) is 110 cm³/mol. The SMILES string of the molecule is CC(=O)NC(C)(C)/C=C/n1ncc(C(=O)N[C@H]2C3CC4CC2C[C@](O)(C4)C3)c1C(F)(F)F. The lowest BCUT2D eigenvalue weighted by Crippen LogP contribution is -2.61. The van der Waals surface area contributed by atoms with Gasteiger partial charge in [0, 0.05) is 19.2 Å². The molecule has 0 saturated heterocycles. The van der Waals surface area contributed by atoms with E-state index in [1.54, 1.807) is 13.8 Å². The zero-order chi connectivity index (χ0) is 23.5. The van der Waals surface area contributed by atoms with E-state index in [2.05, 4.69) is 15.7 Å². The molecule has 1 aromatic rings. The van der Waals surface area contributed by atoms with Gasteiger partial charge >= 0.3 is 6.18 Å². The minimum absolute atomic E-state index is 0.0814. The smallest absolute Gasteiger partial charge is 0.390 e. The zero-order valence-corrected chi connectivity index (χ0v) is 18.4. The van der Waals surface area contributed by atoms with Crippen LogP contribution < -0.4 is 10.6 Å². The second-order valence-corrected chi connectivity index (χ2v) is 10.3. The molecule has 0 spiro atoms. The Kier molecular flexibility index (Phi) is 5.42. The summed E-state index contributed by atoms with van der Waals surface area (Å²) in [4.78, 5) is 24.2. The summed E-state index contributed by atoms with van der Waals surface area (Å²) in [6.07, 6.45) is 2.33. The molecular weight excluding hydrogens is 425 g/mol. The van der Waals surface area contributed by atoms with Crippen molar-refractivity contribution in [3.63, 3.8) is 0 Å². The van der Waals surface area contributed by atoms with E-state index in [1.165, 1.54) is 13.0 Å². The molecule has 4 aliphatic carbocycles.